The Morgan fingerprint density at radius 3 is 2.68 bits per heavy atom. The van der Waals surface area contributed by atoms with Gasteiger partial charge in [-0.3, -0.25) is 4.79 Å². The number of methoxy groups -OCH3 is 1. The Morgan fingerprint density at radius 1 is 1.29 bits per heavy atom. The van der Waals surface area contributed by atoms with E-state index in [2.05, 4.69) is 20.2 Å². The van der Waals surface area contributed by atoms with Gasteiger partial charge in [0.2, 0.25) is 0 Å². The van der Waals surface area contributed by atoms with E-state index in [9.17, 15) is 4.79 Å². The van der Waals surface area contributed by atoms with E-state index in [-0.39, 0.29) is 11.9 Å². The molecule has 0 amide bonds. The van der Waals surface area contributed by atoms with E-state index in [1.165, 1.54) is 7.11 Å². The summed E-state index contributed by atoms with van der Waals surface area (Å²) >= 11 is 12.1. The number of rotatable bonds is 7. The van der Waals surface area contributed by atoms with Crippen LogP contribution in [-0.4, -0.2) is 47.8 Å². The number of ether oxygens (including phenoxy) is 1. The molecule has 0 atom stereocenters. The van der Waals surface area contributed by atoms with Crippen LogP contribution in [0.2, 0.25) is 10.0 Å². The van der Waals surface area contributed by atoms with Gasteiger partial charge in [-0.15, -0.1) is 0 Å². The second kappa shape index (κ2) is 9.30. The first-order chi connectivity index (χ1) is 13.5. The number of carboxylic acids is 1. The zero-order chi connectivity index (χ0) is 20.1. The third-order valence-electron chi connectivity index (χ3n) is 4.76. The molecule has 0 unspecified atom stereocenters. The molecule has 1 aromatic carbocycles. The summed E-state index contributed by atoms with van der Waals surface area (Å²) < 4.78 is 5.22. The highest BCUT2D eigenvalue weighted by molar-refractivity contribution is 6.35. The van der Waals surface area contributed by atoms with Gasteiger partial charge >= 0.3 is 12.0 Å². The van der Waals surface area contributed by atoms with Crippen LogP contribution >= 0.6 is 23.2 Å². The van der Waals surface area contributed by atoms with E-state index >= 15 is 0 Å². The summed E-state index contributed by atoms with van der Waals surface area (Å²) in [5.74, 6) is 0.347. The Morgan fingerprint density at radius 2 is 2.04 bits per heavy atom. The van der Waals surface area contributed by atoms with E-state index in [4.69, 9.17) is 33.0 Å². The van der Waals surface area contributed by atoms with Crippen molar-refractivity contribution in [1.82, 2.24) is 9.97 Å². The van der Waals surface area contributed by atoms with Gasteiger partial charge in [0.1, 0.15) is 11.6 Å². The number of halogens is 2. The molecule has 2 heterocycles. The van der Waals surface area contributed by atoms with Crippen LogP contribution in [0.5, 0.6) is 6.01 Å². The third kappa shape index (κ3) is 5.17. The maximum atomic E-state index is 11.1. The second-order valence-corrected chi connectivity index (χ2v) is 7.45. The molecule has 1 saturated heterocycles. The van der Waals surface area contributed by atoms with Crippen molar-refractivity contribution < 1.29 is 14.6 Å². The van der Waals surface area contributed by atoms with Crippen LogP contribution in [0.3, 0.4) is 0 Å². The van der Waals surface area contributed by atoms with Gasteiger partial charge in [0.25, 0.3) is 0 Å². The fraction of sp³-hybridized carbons (Fsp3) is 0.421. The number of carboxylic acid groups (broad SMARTS) is 1. The van der Waals surface area contributed by atoms with Crippen molar-refractivity contribution in [3.63, 3.8) is 0 Å². The maximum Gasteiger partial charge on any atom is 0.320 e. The molecule has 1 fully saturated rings. The summed E-state index contributed by atoms with van der Waals surface area (Å²) in [5, 5.41) is 13.7. The average molecular weight is 425 g/mol. The number of aromatic nitrogens is 2. The van der Waals surface area contributed by atoms with Crippen LogP contribution in [0.4, 0.5) is 11.6 Å². The summed E-state index contributed by atoms with van der Waals surface area (Å²) in [5.41, 5.74) is 0.996. The van der Waals surface area contributed by atoms with Crippen molar-refractivity contribution in [2.75, 3.05) is 37.0 Å². The molecule has 0 aliphatic carbocycles. The zero-order valence-electron chi connectivity index (χ0n) is 15.5. The first-order valence-electron chi connectivity index (χ1n) is 9.05. The number of benzene rings is 1. The fourth-order valence-corrected chi connectivity index (χ4v) is 3.66. The maximum absolute atomic E-state index is 11.1. The minimum Gasteiger partial charge on any atom is -0.481 e. The number of nitrogens with zero attached hydrogens (tertiary/aromatic N) is 3. The molecule has 9 heteroatoms. The first kappa shape index (κ1) is 20.5. The molecule has 28 heavy (non-hydrogen) atoms. The quantitative estimate of drug-likeness (QED) is 0.699. The van der Waals surface area contributed by atoms with Gasteiger partial charge in [-0.05, 0) is 37.0 Å². The van der Waals surface area contributed by atoms with Crippen molar-refractivity contribution in [1.29, 1.82) is 0 Å². The molecular formula is C19H22Cl2N4O3. The first-order valence-corrected chi connectivity index (χ1v) is 9.80. The number of piperidine rings is 1. The molecular weight excluding hydrogens is 403 g/mol. The van der Waals surface area contributed by atoms with Crippen LogP contribution in [0.1, 0.15) is 18.4 Å². The summed E-state index contributed by atoms with van der Waals surface area (Å²) in [6.45, 7) is 1.90. The number of anilines is 2. The predicted molar refractivity (Wildman–Crippen MR) is 110 cm³/mol. The van der Waals surface area contributed by atoms with Crippen LogP contribution in [-0.2, 0) is 11.2 Å². The highest BCUT2D eigenvalue weighted by Crippen LogP contribution is 2.26. The van der Waals surface area contributed by atoms with E-state index < -0.39 is 5.97 Å². The predicted octanol–water partition coefficient (Wildman–Crippen LogP) is 3.75. The lowest BCUT2D eigenvalue weighted by atomic mass is 9.97. The van der Waals surface area contributed by atoms with E-state index in [0.29, 0.717) is 54.8 Å². The highest BCUT2D eigenvalue weighted by atomic mass is 35.5. The number of aliphatic carboxylic acids is 1. The van der Waals surface area contributed by atoms with Crippen LogP contribution < -0.4 is 15.0 Å². The second-order valence-electron chi connectivity index (χ2n) is 6.61. The van der Waals surface area contributed by atoms with Gasteiger partial charge in [-0.25, -0.2) is 0 Å². The molecule has 3 rings (SSSR count). The van der Waals surface area contributed by atoms with Crippen LogP contribution in [0.15, 0.2) is 24.3 Å². The largest absolute Gasteiger partial charge is 0.481 e. The third-order valence-corrected chi connectivity index (χ3v) is 5.35. The van der Waals surface area contributed by atoms with Gasteiger partial charge in [0, 0.05) is 35.7 Å². The number of nitrogens with one attached hydrogen (secondary N) is 1. The Labute approximate surface area is 173 Å². The topological polar surface area (TPSA) is 87.6 Å². The van der Waals surface area contributed by atoms with Gasteiger partial charge in [-0.2, -0.15) is 9.97 Å². The smallest absolute Gasteiger partial charge is 0.320 e. The van der Waals surface area contributed by atoms with Gasteiger partial charge in [0.05, 0.1) is 13.0 Å². The van der Waals surface area contributed by atoms with Crippen molar-refractivity contribution in [2.45, 2.75) is 19.3 Å². The average Bonchev–Trinajstić information content (AvgIpc) is 2.69. The van der Waals surface area contributed by atoms with E-state index in [1.54, 1.807) is 6.07 Å². The lowest BCUT2D eigenvalue weighted by Gasteiger charge is -2.31. The lowest BCUT2D eigenvalue weighted by Crippen LogP contribution is -2.36. The van der Waals surface area contributed by atoms with Gasteiger partial charge in [0.15, 0.2) is 0 Å². The molecule has 150 valence electrons. The van der Waals surface area contributed by atoms with Crippen molar-refractivity contribution in [3.8, 4) is 6.01 Å². The normalized spacial score (nSPS) is 14.8. The molecule has 1 aliphatic rings. The Kier molecular flexibility index (Phi) is 6.80. The Balaban J connectivity index is 1.65. The molecule has 0 bridgehead atoms. The molecule has 2 N–H and O–H groups in total. The summed E-state index contributed by atoms with van der Waals surface area (Å²) in [4.78, 5) is 21.9. The van der Waals surface area contributed by atoms with Crippen molar-refractivity contribution in [3.05, 3.63) is 39.9 Å². The minimum atomic E-state index is -0.733. The molecule has 1 aromatic heterocycles. The summed E-state index contributed by atoms with van der Waals surface area (Å²) in [6.07, 6.45) is 1.90. The van der Waals surface area contributed by atoms with E-state index in [1.807, 2.05) is 18.2 Å². The highest BCUT2D eigenvalue weighted by Gasteiger charge is 2.25. The van der Waals surface area contributed by atoms with Crippen LogP contribution in [0.25, 0.3) is 0 Å². The SMILES string of the molecule is COc1nc(NCCc2ccc(Cl)cc2Cl)cc(N2CCC(C(=O)O)CC2)n1. The number of hydrogen-bond donors (Lipinski definition) is 2. The van der Waals surface area contributed by atoms with Crippen molar-refractivity contribution in [2.24, 2.45) is 5.92 Å². The van der Waals surface area contributed by atoms with Gasteiger partial charge < -0.3 is 20.1 Å². The lowest BCUT2D eigenvalue weighted by molar-refractivity contribution is -0.142. The molecule has 0 radical (unpaired) electrons. The molecule has 0 spiro atoms. The Bertz CT molecular complexity index is 842. The number of hydrogen-bond acceptors (Lipinski definition) is 6. The summed E-state index contributed by atoms with van der Waals surface area (Å²) in [6, 6.07) is 7.57. The zero-order valence-corrected chi connectivity index (χ0v) is 17.0. The Hall–Kier alpha value is -2.25. The molecule has 0 saturated carbocycles. The monoisotopic (exact) mass is 424 g/mol. The van der Waals surface area contributed by atoms with Gasteiger partial charge in [-0.1, -0.05) is 29.3 Å². The molecule has 2 aromatic rings. The number of carbonyl (C=O) groups is 1. The van der Waals surface area contributed by atoms with Crippen molar-refractivity contribution >= 4 is 40.8 Å². The van der Waals surface area contributed by atoms with Crippen LogP contribution in [0, 0.1) is 5.92 Å². The molecule has 7 nitrogen and oxygen atoms in total. The minimum absolute atomic E-state index is 0.268. The fourth-order valence-electron chi connectivity index (χ4n) is 3.16. The standard InChI is InChI=1S/C19H22Cl2N4O3/c1-28-19-23-16(22-7-4-12-2-3-14(20)10-15(12)21)11-17(24-19)25-8-5-13(6-9-25)18(26)27/h2-3,10-11,13H,4-9H2,1H3,(H,26,27)(H,22,23,24). The summed E-state index contributed by atoms with van der Waals surface area (Å²) in [7, 11) is 1.52. The molecule has 1 aliphatic heterocycles. The van der Waals surface area contributed by atoms with E-state index in [0.717, 1.165) is 11.4 Å².